The fraction of sp³-hybridized carbons (Fsp3) is 0.600. The molecular weight excluding hydrogens is 224 g/mol. The lowest BCUT2D eigenvalue weighted by Crippen LogP contribution is -2.24. The standard InChI is InChI=1S/C15H24N2O/c1-17(2)14(10-12-8-9-16-11-12)13-6-4-5-7-15(13)18-3/h4-7,12,14,16H,8-11H2,1-3H3. The summed E-state index contributed by atoms with van der Waals surface area (Å²) >= 11 is 0. The lowest BCUT2D eigenvalue weighted by Gasteiger charge is -2.28. The molecule has 1 aromatic rings. The van der Waals surface area contributed by atoms with Crippen molar-refractivity contribution in [3.8, 4) is 5.75 Å². The van der Waals surface area contributed by atoms with Crippen molar-refractivity contribution in [1.29, 1.82) is 0 Å². The molecule has 0 amide bonds. The fourth-order valence-corrected chi connectivity index (χ4v) is 2.79. The second-order valence-electron chi connectivity index (χ2n) is 5.32. The van der Waals surface area contributed by atoms with Crippen LogP contribution in [0.15, 0.2) is 24.3 Å². The fourth-order valence-electron chi connectivity index (χ4n) is 2.79. The molecule has 0 bridgehead atoms. The molecule has 18 heavy (non-hydrogen) atoms. The van der Waals surface area contributed by atoms with Gasteiger partial charge in [0, 0.05) is 11.6 Å². The second-order valence-corrected chi connectivity index (χ2v) is 5.32. The number of hydrogen-bond donors (Lipinski definition) is 1. The maximum atomic E-state index is 5.50. The highest BCUT2D eigenvalue weighted by molar-refractivity contribution is 5.35. The number of nitrogens with one attached hydrogen (secondary N) is 1. The van der Waals surface area contributed by atoms with E-state index in [2.05, 4.69) is 42.5 Å². The lowest BCUT2D eigenvalue weighted by atomic mass is 9.93. The van der Waals surface area contributed by atoms with Crippen molar-refractivity contribution in [2.24, 2.45) is 5.92 Å². The highest BCUT2D eigenvalue weighted by atomic mass is 16.5. The van der Waals surface area contributed by atoms with Gasteiger partial charge in [0.2, 0.25) is 0 Å². The summed E-state index contributed by atoms with van der Waals surface area (Å²) in [7, 11) is 6.06. The zero-order valence-corrected chi connectivity index (χ0v) is 11.6. The van der Waals surface area contributed by atoms with Gasteiger partial charge in [-0.2, -0.15) is 0 Å². The van der Waals surface area contributed by atoms with Crippen molar-refractivity contribution >= 4 is 0 Å². The van der Waals surface area contributed by atoms with Gasteiger partial charge in [-0.1, -0.05) is 18.2 Å². The predicted molar refractivity (Wildman–Crippen MR) is 75.0 cm³/mol. The molecule has 1 saturated heterocycles. The van der Waals surface area contributed by atoms with Crippen LogP contribution in [0.2, 0.25) is 0 Å². The van der Waals surface area contributed by atoms with Crippen LogP contribution in [0.25, 0.3) is 0 Å². The molecule has 1 aromatic carbocycles. The zero-order chi connectivity index (χ0) is 13.0. The summed E-state index contributed by atoms with van der Waals surface area (Å²) in [5.74, 6) is 1.78. The number of hydrogen-bond acceptors (Lipinski definition) is 3. The smallest absolute Gasteiger partial charge is 0.123 e. The minimum absolute atomic E-state index is 0.436. The van der Waals surface area contributed by atoms with Crippen LogP contribution in [-0.2, 0) is 0 Å². The summed E-state index contributed by atoms with van der Waals surface area (Å²) in [6, 6.07) is 8.81. The van der Waals surface area contributed by atoms with Crippen LogP contribution in [0.4, 0.5) is 0 Å². The molecule has 3 heteroatoms. The van der Waals surface area contributed by atoms with Crippen LogP contribution in [0.3, 0.4) is 0 Å². The minimum Gasteiger partial charge on any atom is -0.496 e. The van der Waals surface area contributed by atoms with E-state index >= 15 is 0 Å². The summed E-state index contributed by atoms with van der Waals surface area (Å²) in [6.07, 6.45) is 2.49. The van der Waals surface area contributed by atoms with Crippen LogP contribution < -0.4 is 10.1 Å². The Kier molecular flexibility index (Phi) is 4.61. The van der Waals surface area contributed by atoms with E-state index in [0.29, 0.717) is 6.04 Å². The normalized spacial score (nSPS) is 21.2. The first-order valence-electron chi connectivity index (χ1n) is 6.72. The predicted octanol–water partition coefficient (Wildman–Crippen LogP) is 2.30. The topological polar surface area (TPSA) is 24.5 Å². The number of para-hydroxylation sites is 1. The van der Waals surface area contributed by atoms with Gasteiger partial charge in [-0.25, -0.2) is 0 Å². The van der Waals surface area contributed by atoms with Crippen molar-refractivity contribution in [2.75, 3.05) is 34.3 Å². The van der Waals surface area contributed by atoms with Crippen molar-refractivity contribution in [2.45, 2.75) is 18.9 Å². The van der Waals surface area contributed by atoms with Crippen LogP contribution in [0.5, 0.6) is 5.75 Å². The van der Waals surface area contributed by atoms with Gasteiger partial charge in [0.05, 0.1) is 7.11 Å². The average Bonchev–Trinajstić information content (AvgIpc) is 2.88. The van der Waals surface area contributed by atoms with Gasteiger partial charge in [-0.15, -0.1) is 0 Å². The van der Waals surface area contributed by atoms with Gasteiger partial charge < -0.3 is 15.0 Å². The van der Waals surface area contributed by atoms with E-state index < -0.39 is 0 Å². The van der Waals surface area contributed by atoms with Crippen molar-refractivity contribution in [3.63, 3.8) is 0 Å². The van der Waals surface area contributed by atoms with Gasteiger partial charge in [-0.3, -0.25) is 0 Å². The Morgan fingerprint density at radius 1 is 1.39 bits per heavy atom. The third-order valence-electron chi connectivity index (χ3n) is 3.84. The maximum Gasteiger partial charge on any atom is 0.123 e. The van der Waals surface area contributed by atoms with E-state index in [1.807, 2.05) is 6.07 Å². The first-order chi connectivity index (χ1) is 8.72. The number of nitrogens with zero attached hydrogens (tertiary/aromatic N) is 1. The maximum absolute atomic E-state index is 5.50. The Bertz CT molecular complexity index is 373. The quantitative estimate of drug-likeness (QED) is 0.865. The molecule has 0 aromatic heterocycles. The Morgan fingerprint density at radius 2 is 2.17 bits per heavy atom. The van der Waals surface area contributed by atoms with Crippen LogP contribution >= 0.6 is 0 Å². The highest BCUT2D eigenvalue weighted by Crippen LogP contribution is 2.33. The molecule has 0 saturated carbocycles. The molecule has 0 spiro atoms. The third-order valence-corrected chi connectivity index (χ3v) is 3.84. The van der Waals surface area contributed by atoms with Crippen molar-refractivity contribution in [1.82, 2.24) is 10.2 Å². The number of rotatable bonds is 5. The highest BCUT2D eigenvalue weighted by Gasteiger charge is 2.24. The van der Waals surface area contributed by atoms with E-state index in [1.54, 1.807) is 7.11 Å². The van der Waals surface area contributed by atoms with E-state index in [9.17, 15) is 0 Å². The Morgan fingerprint density at radius 3 is 2.78 bits per heavy atom. The first-order valence-corrected chi connectivity index (χ1v) is 6.72. The zero-order valence-electron chi connectivity index (χ0n) is 11.6. The molecule has 2 unspecified atom stereocenters. The molecule has 1 heterocycles. The minimum atomic E-state index is 0.436. The number of methoxy groups -OCH3 is 1. The molecule has 1 aliphatic heterocycles. The van der Waals surface area contributed by atoms with Crippen LogP contribution in [0, 0.1) is 5.92 Å². The summed E-state index contributed by atoms with van der Waals surface area (Å²) in [5, 5.41) is 3.45. The largest absolute Gasteiger partial charge is 0.496 e. The van der Waals surface area contributed by atoms with Gasteiger partial charge in [0.15, 0.2) is 0 Å². The van der Waals surface area contributed by atoms with Crippen molar-refractivity contribution < 1.29 is 4.74 Å². The lowest BCUT2D eigenvalue weighted by molar-refractivity contribution is 0.246. The molecule has 3 nitrogen and oxygen atoms in total. The molecular formula is C15H24N2O. The number of benzene rings is 1. The SMILES string of the molecule is COc1ccccc1C(CC1CCNC1)N(C)C. The Hall–Kier alpha value is -1.06. The van der Waals surface area contributed by atoms with Gasteiger partial charge in [-0.05, 0) is 52.0 Å². The molecule has 1 aliphatic rings. The van der Waals surface area contributed by atoms with E-state index in [1.165, 1.54) is 18.4 Å². The molecule has 1 N–H and O–H groups in total. The summed E-state index contributed by atoms with van der Waals surface area (Å²) < 4.78 is 5.50. The second kappa shape index (κ2) is 6.21. The molecule has 1 fully saturated rings. The summed E-state index contributed by atoms with van der Waals surface area (Å²) in [4.78, 5) is 2.30. The average molecular weight is 248 g/mol. The van der Waals surface area contributed by atoms with E-state index in [-0.39, 0.29) is 0 Å². The van der Waals surface area contributed by atoms with Crippen LogP contribution in [0.1, 0.15) is 24.4 Å². The van der Waals surface area contributed by atoms with Gasteiger partial charge in [0.1, 0.15) is 5.75 Å². The number of ether oxygens (including phenoxy) is 1. The molecule has 0 radical (unpaired) electrons. The summed E-state index contributed by atoms with van der Waals surface area (Å²) in [5.41, 5.74) is 1.30. The molecule has 2 atom stereocenters. The van der Waals surface area contributed by atoms with Gasteiger partial charge in [0.25, 0.3) is 0 Å². The monoisotopic (exact) mass is 248 g/mol. The summed E-state index contributed by atoms with van der Waals surface area (Å²) in [6.45, 7) is 2.32. The van der Waals surface area contributed by atoms with E-state index in [0.717, 1.165) is 24.8 Å². The third kappa shape index (κ3) is 3.03. The van der Waals surface area contributed by atoms with Crippen LogP contribution in [-0.4, -0.2) is 39.2 Å². The Balaban J connectivity index is 2.17. The first kappa shape index (κ1) is 13.4. The van der Waals surface area contributed by atoms with Gasteiger partial charge >= 0.3 is 0 Å². The van der Waals surface area contributed by atoms with E-state index in [4.69, 9.17) is 4.74 Å². The Labute approximate surface area is 110 Å². The molecule has 100 valence electrons. The van der Waals surface area contributed by atoms with Crippen molar-refractivity contribution in [3.05, 3.63) is 29.8 Å². The molecule has 2 rings (SSSR count). The molecule has 0 aliphatic carbocycles.